The first-order chi connectivity index (χ1) is 11.3. The van der Waals surface area contributed by atoms with Crippen LogP contribution in [-0.4, -0.2) is 69.2 Å². The van der Waals surface area contributed by atoms with E-state index in [1.807, 2.05) is 0 Å². The highest BCUT2D eigenvalue weighted by atomic mass is 16.2. The Bertz CT molecular complexity index is 481. The third kappa shape index (κ3) is 6.31. The van der Waals surface area contributed by atoms with E-state index in [9.17, 15) is 9.59 Å². The summed E-state index contributed by atoms with van der Waals surface area (Å²) in [6.07, 6.45) is 0. The fourth-order valence-corrected chi connectivity index (χ4v) is 2.13. The van der Waals surface area contributed by atoms with Gasteiger partial charge in [0.2, 0.25) is 0 Å². The lowest BCUT2D eigenvalue weighted by Crippen LogP contribution is -2.38. The van der Waals surface area contributed by atoms with Gasteiger partial charge in [-0.3, -0.25) is 9.59 Å². The Labute approximate surface area is 135 Å². The van der Waals surface area contributed by atoms with Crippen LogP contribution in [0.1, 0.15) is 21.0 Å². The summed E-state index contributed by atoms with van der Waals surface area (Å²) in [6, 6.07) is 4.87. The SMILES string of the molecule is O=C1NCCNCCNCCNCCNC(=O)c2cccc1n2. The summed E-state index contributed by atoms with van der Waals surface area (Å²) in [5.74, 6) is -0.551. The first kappa shape index (κ1) is 17.3. The average molecular weight is 320 g/mol. The van der Waals surface area contributed by atoms with Gasteiger partial charge in [0.1, 0.15) is 11.4 Å². The van der Waals surface area contributed by atoms with Crippen LogP contribution in [0, 0.1) is 0 Å². The second-order valence-corrected chi connectivity index (χ2v) is 5.17. The van der Waals surface area contributed by atoms with Crippen LogP contribution in [0.2, 0.25) is 0 Å². The molecule has 8 nitrogen and oxygen atoms in total. The molecule has 1 aliphatic heterocycles. The minimum absolute atomic E-state index is 0.249. The Balaban J connectivity index is 1.96. The van der Waals surface area contributed by atoms with E-state index in [1.54, 1.807) is 18.2 Å². The van der Waals surface area contributed by atoms with Gasteiger partial charge in [-0.05, 0) is 12.1 Å². The molecule has 0 unspecified atom stereocenters. The van der Waals surface area contributed by atoms with E-state index in [4.69, 9.17) is 0 Å². The van der Waals surface area contributed by atoms with Crippen molar-refractivity contribution >= 4 is 11.8 Å². The van der Waals surface area contributed by atoms with Crippen molar-refractivity contribution in [3.8, 4) is 0 Å². The lowest BCUT2D eigenvalue weighted by atomic mass is 10.2. The van der Waals surface area contributed by atoms with Gasteiger partial charge in [0.05, 0.1) is 0 Å². The molecule has 2 amide bonds. The predicted octanol–water partition coefficient (Wildman–Crippen LogP) is -1.68. The van der Waals surface area contributed by atoms with E-state index in [0.717, 1.165) is 26.2 Å². The van der Waals surface area contributed by atoms with Crippen molar-refractivity contribution < 1.29 is 9.59 Å². The molecule has 0 spiro atoms. The monoisotopic (exact) mass is 320 g/mol. The molecule has 8 heteroatoms. The van der Waals surface area contributed by atoms with Crippen molar-refractivity contribution in [3.05, 3.63) is 29.6 Å². The van der Waals surface area contributed by atoms with E-state index in [-0.39, 0.29) is 23.2 Å². The molecule has 23 heavy (non-hydrogen) atoms. The number of amides is 2. The highest BCUT2D eigenvalue weighted by Gasteiger charge is 2.11. The highest BCUT2D eigenvalue weighted by Crippen LogP contribution is 1.99. The van der Waals surface area contributed by atoms with Gasteiger partial charge in [-0.15, -0.1) is 0 Å². The van der Waals surface area contributed by atoms with Crippen molar-refractivity contribution in [3.63, 3.8) is 0 Å². The molecular weight excluding hydrogens is 296 g/mol. The molecule has 0 atom stereocenters. The van der Waals surface area contributed by atoms with Crippen LogP contribution in [0.15, 0.2) is 18.2 Å². The Morgan fingerprint density at radius 1 is 0.652 bits per heavy atom. The number of nitrogens with one attached hydrogen (secondary N) is 5. The number of carbonyl (C=O) groups is 2. The Morgan fingerprint density at radius 3 is 1.48 bits per heavy atom. The van der Waals surface area contributed by atoms with Gasteiger partial charge in [0, 0.05) is 52.4 Å². The molecule has 0 radical (unpaired) electrons. The summed E-state index contributed by atoms with van der Waals surface area (Å²) in [6.45, 7) is 5.83. The first-order valence-corrected chi connectivity index (χ1v) is 7.93. The summed E-state index contributed by atoms with van der Waals surface area (Å²) >= 11 is 0. The van der Waals surface area contributed by atoms with Crippen LogP contribution in [0.3, 0.4) is 0 Å². The van der Waals surface area contributed by atoms with Gasteiger partial charge in [-0.1, -0.05) is 6.07 Å². The number of carbonyl (C=O) groups excluding carboxylic acids is 2. The lowest BCUT2D eigenvalue weighted by molar-refractivity contribution is 0.0944. The molecule has 1 aromatic rings. The number of fused-ring (bicyclic) bond motifs is 2. The van der Waals surface area contributed by atoms with Crippen molar-refractivity contribution in [1.29, 1.82) is 0 Å². The minimum atomic E-state index is -0.276. The Hall–Kier alpha value is -2.03. The van der Waals surface area contributed by atoms with Crippen LogP contribution < -0.4 is 26.6 Å². The van der Waals surface area contributed by atoms with Crippen LogP contribution in [0.25, 0.3) is 0 Å². The number of nitrogens with zero attached hydrogens (tertiary/aromatic N) is 1. The largest absolute Gasteiger partial charge is 0.349 e. The minimum Gasteiger partial charge on any atom is -0.349 e. The van der Waals surface area contributed by atoms with Crippen LogP contribution in [0.5, 0.6) is 0 Å². The number of pyridine rings is 1. The maximum Gasteiger partial charge on any atom is 0.269 e. The van der Waals surface area contributed by atoms with Gasteiger partial charge in [-0.2, -0.15) is 0 Å². The van der Waals surface area contributed by atoms with Gasteiger partial charge in [0.25, 0.3) is 11.8 Å². The summed E-state index contributed by atoms with van der Waals surface area (Å²) in [5.41, 5.74) is 0.497. The topological polar surface area (TPSA) is 107 Å². The molecule has 2 bridgehead atoms. The van der Waals surface area contributed by atoms with Gasteiger partial charge < -0.3 is 26.6 Å². The van der Waals surface area contributed by atoms with Crippen molar-refractivity contribution in [2.45, 2.75) is 0 Å². The van der Waals surface area contributed by atoms with Crippen molar-refractivity contribution in [2.24, 2.45) is 0 Å². The summed E-state index contributed by atoms with van der Waals surface area (Å²) < 4.78 is 0. The molecule has 2 heterocycles. The maximum absolute atomic E-state index is 12.0. The second-order valence-electron chi connectivity index (χ2n) is 5.17. The average Bonchev–Trinajstić information content (AvgIpc) is 2.58. The van der Waals surface area contributed by atoms with E-state index in [2.05, 4.69) is 31.6 Å². The highest BCUT2D eigenvalue weighted by molar-refractivity contribution is 5.96. The summed E-state index contributed by atoms with van der Waals surface area (Å²) in [5, 5.41) is 15.4. The van der Waals surface area contributed by atoms with Crippen molar-refractivity contribution in [2.75, 3.05) is 52.4 Å². The molecule has 5 N–H and O–H groups in total. The van der Waals surface area contributed by atoms with E-state index < -0.39 is 0 Å². The number of aromatic nitrogens is 1. The predicted molar refractivity (Wildman–Crippen MR) is 87.5 cm³/mol. The van der Waals surface area contributed by atoms with Gasteiger partial charge in [-0.25, -0.2) is 4.98 Å². The third-order valence-corrected chi connectivity index (χ3v) is 3.35. The lowest BCUT2D eigenvalue weighted by Gasteiger charge is -2.10. The Morgan fingerprint density at radius 2 is 1.04 bits per heavy atom. The van der Waals surface area contributed by atoms with Gasteiger partial charge >= 0.3 is 0 Å². The third-order valence-electron chi connectivity index (χ3n) is 3.35. The zero-order chi connectivity index (χ0) is 16.3. The zero-order valence-corrected chi connectivity index (χ0v) is 13.2. The quantitative estimate of drug-likeness (QED) is 0.391. The fourth-order valence-electron chi connectivity index (χ4n) is 2.13. The molecule has 126 valence electrons. The van der Waals surface area contributed by atoms with Crippen LogP contribution in [0.4, 0.5) is 0 Å². The van der Waals surface area contributed by atoms with E-state index in [1.165, 1.54) is 0 Å². The Kier molecular flexibility index (Phi) is 7.44. The number of hydrogen-bond donors (Lipinski definition) is 5. The molecular formula is C15H24N6O2. The maximum atomic E-state index is 12.0. The molecule has 1 aliphatic rings. The summed E-state index contributed by atoms with van der Waals surface area (Å²) in [4.78, 5) is 28.2. The number of rotatable bonds is 0. The van der Waals surface area contributed by atoms with Crippen molar-refractivity contribution in [1.82, 2.24) is 31.6 Å². The fraction of sp³-hybridized carbons (Fsp3) is 0.533. The molecule has 0 saturated heterocycles. The van der Waals surface area contributed by atoms with E-state index >= 15 is 0 Å². The summed E-state index contributed by atoms with van der Waals surface area (Å²) in [7, 11) is 0. The van der Waals surface area contributed by atoms with Crippen LogP contribution in [-0.2, 0) is 0 Å². The molecule has 0 fully saturated rings. The second kappa shape index (κ2) is 9.88. The van der Waals surface area contributed by atoms with Gasteiger partial charge in [0.15, 0.2) is 0 Å². The van der Waals surface area contributed by atoms with Crippen LogP contribution >= 0.6 is 0 Å². The first-order valence-electron chi connectivity index (χ1n) is 7.93. The smallest absolute Gasteiger partial charge is 0.269 e. The molecule has 1 aromatic heterocycles. The standard InChI is InChI=1S/C15H24N6O2/c22-14-12-2-1-3-13(21-12)15(23)20-11-9-18-7-5-16-4-6-17-8-10-19-14/h1-3,16-18H,4-11H2,(H,19,22)(H,20,23). The molecule has 0 aliphatic carbocycles. The normalized spacial score (nSPS) is 19.1. The molecule has 2 rings (SSSR count). The zero-order valence-electron chi connectivity index (χ0n) is 13.2. The molecule has 0 aromatic carbocycles. The molecule has 0 saturated carbocycles. The van der Waals surface area contributed by atoms with E-state index in [0.29, 0.717) is 26.2 Å². The number of hydrogen-bond acceptors (Lipinski definition) is 6.